The Kier molecular flexibility index (Phi) is 7.74. The monoisotopic (exact) mass is 581 g/mol. The predicted molar refractivity (Wildman–Crippen MR) is 162 cm³/mol. The maximum atomic E-state index is 13.4. The summed E-state index contributed by atoms with van der Waals surface area (Å²) < 4.78 is 19.0. The standard InChI is InChI=1S/C31H39NO6SSi/c1-7-37-29(34)22-18-32(19-10-11-19)26-21(27(22)33)13-12-20(28(26)36-3)25-17-23-24(39-25)9-8-14-31(23,2)30(35)38-15-16-40(4,5)6/h12-13,17-19H,7-11,14-16H2,1-6H3. The lowest BCUT2D eigenvalue weighted by Crippen LogP contribution is -2.37. The Labute approximate surface area is 240 Å². The zero-order chi connectivity index (χ0) is 28.8. The number of aryl methyl sites for hydroxylation is 1. The Bertz CT molecular complexity index is 1530. The van der Waals surface area contributed by atoms with Crippen LogP contribution in [0.25, 0.3) is 21.3 Å². The molecule has 1 saturated carbocycles. The van der Waals surface area contributed by atoms with Gasteiger partial charge >= 0.3 is 11.9 Å². The first-order valence-corrected chi connectivity index (χ1v) is 18.7. The third-order valence-corrected chi connectivity index (χ3v) is 11.0. The van der Waals surface area contributed by atoms with E-state index in [0.717, 1.165) is 54.2 Å². The molecule has 40 heavy (non-hydrogen) atoms. The van der Waals surface area contributed by atoms with Gasteiger partial charge in [-0.05, 0) is 75.8 Å². The van der Waals surface area contributed by atoms with Crippen LogP contribution in [0.4, 0.5) is 0 Å². The van der Waals surface area contributed by atoms with Gasteiger partial charge < -0.3 is 18.8 Å². The molecule has 1 unspecified atom stereocenters. The number of rotatable bonds is 9. The minimum atomic E-state index is -1.31. The van der Waals surface area contributed by atoms with Crippen LogP contribution in [0.5, 0.6) is 5.75 Å². The van der Waals surface area contributed by atoms with Gasteiger partial charge in [-0.3, -0.25) is 9.59 Å². The predicted octanol–water partition coefficient (Wildman–Crippen LogP) is 6.73. The summed E-state index contributed by atoms with van der Waals surface area (Å²) in [7, 11) is 0.309. The number of carbonyl (C=O) groups is 2. The van der Waals surface area contributed by atoms with E-state index in [-0.39, 0.29) is 29.6 Å². The Morgan fingerprint density at radius 1 is 1.18 bits per heavy atom. The average Bonchev–Trinajstić information content (AvgIpc) is 3.65. The van der Waals surface area contributed by atoms with E-state index in [1.165, 1.54) is 4.88 Å². The largest absolute Gasteiger partial charge is 0.494 e. The second-order valence-corrected chi connectivity index (χ2v) is 19.1. The Morgan fingerprint density at radius 2 is 1.93 bits per heavy atom. The molecule has 5 rings (SSSR count). The highest BCUT2D eigenvalue weighted by Gasteiger charge is 2.42. The fraction of sp³-hybridized carbons (Fsp3) is 0.516. The van der Waals surface area contributed by atoms with Crippen molar-refractivity contribution in [3.05, 3.63) is 50.6 Å². The number of aromatic nitrogens is 1. The van der Waals surface area contributed by atoms with Crippen LogP contribution in [-0.4, -0.2) is 44.9 Å². The van der Waals surface area contributed by atoms with Crippen molar-refractivity contribution < 1.29 is 23.8 Å². The number of hydrogen-bond acceptors (Lipinski definition) is 7. The number of methoxy groups -OCH3 is 1. The summed E-state index contributed by atoms with van der Waals surface area (Å²) in [6, 6.07) is 6.96. The first-order chi connectivity index (χ1) is 19.0. The maximum Gasteiger partial charge on any atom is 0.343 e. The number of pyridine rings is 1. The van der Waals surface area contributed by atoms with Crippen LogP contribution >= 0.6 is 11.3 Å². The molecule has 2 aliphatic rings. The molecule has 0 N–H and O–H groups in total. The molecule has 1 atom stereocenters. The molecular formula is C31H39NO6SSi. The van der Waals surface area contributed by atoms with Crippen LogP contribution in [0.1, 0.15) is 66.4 Å². The van der Waals surface area contributed by atoms with E-state index in [0.29, 0.717) is 23.3 Å². The molecule has 0 saturated heterocycles. The van der Waals surface area contributed by atoms with E-state index >= 15 is 0 Å². The molecule has 7 nitrogen and oxygen atoms in total. The van der Waals surface area contributed by atoms with Gasteiger partial charge in [-0.2, -0.15) is 0 Å². The molecule has 214 valence electrons. The summed E-state index contributed by atoms with van der Waals surface area (Å²) in [6.45, 7) is 11.3. The zero-order valence-electron chi connectivity index (χ0n) is 24.3. The molecule has 0 amide bonds. The van der Waals surface area contributed by atoms with Crippen LogP contribution in [0.2, 0.25) is 25.7 Å². The quantitative estimate of drug-likeness (QED) is 0.206. The number of carbonyl (C=O) groups excluding carboxylic acids is 2. The molecule has 0 radical (unpaired) electrons. The Balaban J connectivity index is 1.58. The van der Waals surface area contributed by atoms with Gasteiger partial charge in [0.25, 0.3) is 0 Å². The van der Waals surface area contributed by atoms with Gasteiger partial charge in [0.05, 0.1) is 36.6 Å². The molecule has 1 aromatic carbocycles. The molecule has 1 fully saturated rings. The molecule has 2 aromatic heterocycles. The van der Waals surface area contributed by atoms with E-state index in [4.69, 9.17) is 14.2 Å². The lowest BCUT2D eigenvalue weighted by molar-refractivity contribution is -0.150. The minimum Gasteiger partial charge on any atom is -0.494 e. The number of esters is 2. The normalized spacial score (nSPS) is 18.9. The summed E-state index contributed by atoms with van der Waals surface area (Å²) >= 11 is 1.68. The third kappa shape index (κ3) is 5.25. The van der Waals surface area contributed by atoms with Gasteiger partial charge in [0.15, 0.2) is 5.75 Å². The van der Waals surface area contributed by atoms with Gasteiger partial charge in [0, 0.05) is 35.6 Å². The summed E-state index contributed by atoms with van der Waals surface area (Å²) in [5.41, 5.74) is 1.62. The second-order valence-electron chi connectivity index (χ2n) is 12.4. The van der Waals surface area contributed by atoms with Crippen molar-refractivity contribution >= 4 is 42.3 Å². The molecule has 0 bridgehead atoms. The van der Waals surface area contributed by atoms with Gasteiger partial charge in [-0.15, -0.1) is 11.3 Å². The molecule has 2 heterocycles. The number of ether oxygens (including phenoxy) is 3. The van der Waals surface area contributed by atoms with E-state index in [1.807, 2.05) is 17.6 Å². The zero-order valence-corrected chi connectivity index (χ0v) is 26.2. The molecule has 0 aliphatic heterocycles. The van der Waals surface area contributed by atoms with E-state index < -0.39 is 19.5 Å². The lowest BCUT2D eigenvalue weighted by atomic mass is 9.74. The van der Waals surface area contributed by atoms with Crippen LogP contribution in [-0.2, 0) is 26.1 Å². The van der Waals surface area contributed by atoms with Crippen LogP contribution in [0.15, 0.2) is 29.2 Å². The van der Waals surface area contributed by atoms with Gasteiger partial charge in [0.2, 0.25) is 5.43 Å². The highest BCUT2D eigenvalue weighted by Crippen LogP contribution is 2.48. The fourth-order valence-corrected chi connectivity index (χ4v) is 7.65. The first-order valence-electron chi connectivity index (χ1n) is 14.2. The number of hydrogen-bond donors (Lipinski definition) is 0. The molecule has 3 aromatic rings. The van der Waals surface area contributed by atoms with E-state index in [9.17, 15) is 14.4 Å². The van der Waals surface area contributed by atoms with Crippen LogP contribution < -0.4 is 10.2 Å². The number of fused-ring (bicyclic) bond motifs is 2. The van der Waals surface area contributed by atoms with Crippen LogP contribution in [0.3, 0.4) is 0 Å². The minimum absolute atomic E-state index is 0.0473. The highest BCUT2D eigenvalue weighted by molar-refractivity contribution is 7.15. The molecular weight excluding hydrogens is 542 g/mol. The lowest BCUT2D eigenvalue weighted by Gasteiger charge is -2.32. The highest BCUT2D eigenvalue weighted by atomic mass is 32.1. The van der Waals surface area contributed by atoms with E-state index in [1.54, 1.807) is 37.6 Å². The number of benzene rings is 1. The smallest absolute Gasteiger partial charge is 0.343 e. The van der Waals surface area contributed by atoms with Gasteiger partial charge in [-0.1, -0.05) is 19.6 Å². The molecule has 2 aliphatic carbocycles. The topological polar surface area (TPSA) is 83.8 Å². The number of nitrogens with zero attached hydrogens (tertiary/aromatic N) is 1. The molecule has 9 heteroatoms. The second kappa shape index (κ2) is 10.8. The van der Waals surface area contributed by atoms with Crippen molar-refractivity contribution in [1.29, 1.82) is 0 Å². The van der Waals surface area contributed by atoms with Crippen molar-refractivity contribution in [1.82, 2.24) is 4.57 Å². The first kappa shape index (κ1) is 28.6. The maximum absolute atomic E-state index is 13.4. The van der Waals surface area contributed by atoms with Crippen molar-refractivity contribution in [3.8, 4) is 16.2 Å². The van der Waals surface area contributed by atoms with Crippen molar-refractivity contribution in [2.24, 2.45) is 0 Å². The summed E-state index contributed by atoms with van der Waals surface area (Å²) in [5, 5.41) is 0.440. The summed E-state index contributed by atoms with van der Waals surface area (Å²) in [4.78, 5) is 41.6. The van der Waals surface area contributed by atoms with Gasteiger partial charge in [0.1, 0.15) is 5.56 Å². The van der Waals surface area contributed by atoms with Gasteiger partial charge in [-0.25, -0.2) is 4.79 Å². The Hall–Kier alpha value is -2.91. The SMILES string of the molecule is CCOC(=O)c1cn(C2CC2)c2c(OC)c(-c3cc4c(s3)CCCC4(C)C(=O)OCC[Si](C)(C)C)ccc2c1=O. The average molecular weight is 582 g/mol. The molecule has 0 spiro atoms. The Morgan fingerprint density at radius 3 is 2.58 bits per heavy atom. The van der Waals surface area contributed by atoms with Crippen LogP contribution in [0, 0.1) is 0 Å². The third-order valence-electron chi connectivity index (χ3n) is 8.07. The fourth-order valence-electron chi connectivity index (χ4n) is 5.59. The summed E-state index contributed by atoms with van der Waals surface area (Å²) in [5.74, 6) is -0.140. The van der Waals surface area contributed by atoms with Crippen molar-refractivity contribution in [2.75, 3.05) is 20.3 Å². The number of thiophene rings is 1. The summed E-state index contributed by atoms with van der Waals surface area (Å²) in [6.07, 6.45) is 6.19. The van der Waals surface area contributed by atoms with Crippen molar-refractivity contribution in [3.63, 3.8) is 0 Å². The van der Waals surface area contributed by atoms with Crippen molar-refractivity contribution in [2.45, 2.75) is 83.1 Å². The van der Waals surface area contributed by atoms with E-state index in [2.05, 4.69) is 25.7 Å².